The molecule has 0 spiro atoms. The van der Waals surface area contributed by atoms with Crippen LogP contribution in [-0.2, 0) is 27.2 Å². The lowest BCUT2D eigenvalue weighted by molar-refractivity contribution is -0.152. The highest BCUT2D eigenvalue weighted by molar-refractivity contribution is 6.30. The van der Waals surface area contributed by atoms with Gasteiger partial charge in [-0.3, -0.25) is 14.4 Å². The largest absolute Gasteiger partial charge is 0.370 e. The maximum absolute atomic E-state index is 13.4. The van der Waals surface area contributed by atoms with Crippen molar-refractivity contribution in [3.05, 3.63) is 82.9 Å². The van der Waals surface area contributed by atoms with Crippen LogP contribution in [0.4, 0.5) is 0 Å². The van der Waals surface area contributed by atoms with E-state index in [1.807, 2.05) is 29.2 Å². The molecule has 6 nitrogen and oxygen atoms in total. The summed E-state index contributed by atoms with van der Waals surface area (Å²) in [7, 11) is 0. The molecule has 35 heavy (non-hydrogen) atoms. The summed E-state index contributed by atoms with van der Waals surface area (Å²) < 4.78 is 0. The van der Waals surface area contributed by atoms with Crippen molar-refractivity contribution >= 4 is 40.1 Å². The van der Waals surface area contributed by atoms with E-state index in [1.54, 1.807) is 17.0 Å². The summed E-state index contributed by atoms with van der Waals surface area (Å²) in [5.74, 6) is -0.672. The molecule has 0 bridgehead atoms. The zero-order valence-corrected chi connectivity index (χ0v) is 20.4. The highest BCUT2D eigenvalue weighted by Crippen LogP contribution is 2.21. The van der Waals surface area contributed by atoms with E-state index < -0.39 is 11.9 Å². The van der Waals surface area contributed by atoms with E-state index >= 15 is 0 Å². The SMILES string of the molecule is NC(=O)CCC1C(=O)N(CCc2ccc3ccccc3c2)CCN1C(=O)CCc1ccc(Cl)cc1. The van der Waals surface area contributed by atoms with Gasteiger partial charge >= 0.3 is 0 Å². The van der Waals surface area contributed by atoms with Gasteiger partial charge in [-0.05, 0) is 53.3 Å². The van der Waals surface area contributed by atoms with Crippen molar-refractivity contribution in [3.8, 4) is 0 Å². The Bertz CT molecular complexity index is 1210. The number of carbonyl (C=O) groups is 3. The second kappa shape index (κ2) is 11.4. The first-order valence-corrected chi connectivity index (χ1v) is 12.4. The molecular weight excluding hydrogens is 462 g/mol. The first kappa shape index (κ1) is 24.7. The third kappa shape index (κ3) is 6.40. The number of fused-ring (bicyclic) bond motifs is 1. The number of amides is 3. The molecule has 0 aromatic heterocycles. The summed E-state index contributed by atoms with van der Waals surface area (Å²) in [5, 5.41) is 3.01. The van der Waals surface area contributed by atoms with E-state index in [9.17, 15) is 14.4 Å². The Balaban J connectivity index is 1.40. The van der Waals surface area contributed by atoms with Gasteiger partial charge in [-0.15, -0.1) is 0 Å². The molecule has 1 aliphatic heterocycles. The summed E-state index contributed by atoms with van der Waals surface area (Å²) in [6.07, 6.45) is 1.89. The molecule has 4 rings (SSSR count). The normalized spacial score (nSPS) is 16.0. The highest BCUT2D eigenvalue weighted by atomic mass is 35.5. The Morgan fingerprint density at radius 3 is 2.34 bits per heavy atom. The minimum absolute atomic E-state index is 0.0654. The minimum Gasteiger partial charge on any atom is -0.370 e. The van der Waals surface area contributed by atoms with E-state index in [-0.39, 0.29) is 24.7 Å². The van der Waals surface area contributed by atoms with Crippen molar-refractivity contribution in [2.75, 3.05) is 19.6 Å². The average molecular weight is 492 g/mol. The minimum atomic E-state index is -0.662. The van der Waals surface area contributed by atoms with Crippen molar-refractivity contribution in [1.29, 1.82) is 0 Å². The lowest BCUT2D eigenvalue weighted by atomic mass is 10.0. The first-order valence-electron chi connectivity index (χ1n) is 12.0. The van der Waals surface area contributed by atoms with Crippen molar-refractivity contribution in [2.24, 2.45) is 5.73 Å². The summed E-state index contributed by atoms with van der Waals surface area (Å²) in [5.41, 5.74) is 7.53. The molecular formula is C28H30ClN3O3. The van der Waals surface area contributed by atoms with Gasteiger partial charge in [-0.2, -0.15) is 0 Å². The lowest BCUT2D eigenvalue weighted by Crippen LogP contribution is -2.59. The summed E-state index contributed by atoms with van der Waals surface area (Å²) in [6, 6.07) is 21.3. The van der Waals surface area contributed by atoms with Gasteiger partial charge in [-0.1, -0.05) is 66.2 Å². The molecule has 1 atom stereocenters. The number of nitrogens with two attached hydrogens (primary N) is 1. The smallest absolute Gasteiger partial charge is 0.245 e. The lowest BCUT2D eigenvalue weighted by Gasteiger charge is -2.41. The Kier molecular flexibility index (Phi) is 8.03. The number of primary amides is 1. The molecule has 0 saturated carbocycles. The van der Waals surface area contributed by atoms with E-state index in [1.165, 1.54) is 10.8 Å². The maximum Gasteiger partial charge on any atom is 0.245 e. The van der Waals surface area contributed by atoms with Gasteiger partial charge in [0.05, 0.1) is 0 Å². The highest BCUT2D eigenvalue weighted by Gasteiger charge is 2.36. The molecule has 1 heterocycles. The molecule has 2 N–H and O–H groups in total. The molecule has 7 heteroatoms. The topological polar surface area (TPSA) is 83.7 Å². The molecule has 3 amide bonds. The quantitative estimate of drug-likeness (QED) is 0.491. The van der Waals surface area contributed by atoms with Crippen LogP contribution in [0, 0.1) is 0 Å². The van der Waals surface area contributed by atoms with Gasteiger partial charge in [0.25, 0.3) is 0 Å². The number of carbonyl (C=O) groups excluding carboxylic acids is 3. The molecule has 1 saturated heterocycles. The Labute approximate surface area is 210 Å². The average Bonchev–Trinajstić information content (AvgIpc) is 2.86. The van der Waals surface area contributed by atoms with Gasteiger partial charge in [0.1, 0.15) is 6.04 Å². The molecule has 0 radical (unpaired) electrons. The van der Waals surface area contributed by atoms with Crippen LogP contribution >= 0.6 is 11.6 Å². The van der Waals surface area contributed by atoms with Crippen LogP contribution in [0.15, 0.2) is 66.7 Å². The summed E-state index contributed by atoms with van der Waals surface area (Å²) in [6.45, 7) is 1.50. The van der Waals surface area contributed by atoms with Gasteiger partial charge in [0.2, 0.25) is 17.7 Å². The third-order valence-electron chi connectivity index (χ3n) is 6.59. The summed E-state index contributed by atoms with van der Waals surface area (Å²) in [4.78, 5) is 41.3. The number of rotatable bonds is 9. The fraction of sp³-hybridized carbons (Fsp3) is 0.321. The fourth-order valence-electron chi connectivity index (χ4n) is 4.62. The second-order valence-corrected chi connectivity index (χ2v) is 9.43. The van der Waals surface area contributed by atoms with Crippen LogP contribution in [0.1, 0.15) is 30.4 Å². The number of benzene rings is 3. The first-order chi connectivity index (χ1) is 16.9. The Hall–Kier alpha value is -3.38. The second-order valence-electron chi connectivity index (χ2n) is 8.99. The monoisotopic (exact) mass is 491 g/mol. The van der Waals surface area contributed by atoms with Gasteiger partial charge in [0.15, 0.2) is 0 Å². The van der Waals surface area contributed by atoms with Gasteiger partial charge in [-0.25, -0.2) is 0 Å². The van der Waals surface area contributed by atoms with E-state index in [0.29, 0.717) is 37.5 Å². The van der Waals surface area contributed by atoms with Crippen molar-refractivity contribution in [2.45, 2.75) is 38.1 Å². The van der Waals surface area contributed by atoms with Gasteiger partial charge < -0.3 is 15.5 Å². The Morgan fingerprint density at radius 1 is 0.886 bits per heavy atom. The van der Waals surface area contributed by atoms with Crippen LogP contribution in [-0.4, -0.2) is 53.2 Å². The zero-order chi connectivity index (χ0) is 24.8. The zero-order valence-electron chi connectivity index (χ0n) is 19.7. The standard InChI is InChI=1S/C28H30ClN3O3/c29-24-10-6-20(7-11-24)8-14-27(34)32-18-17-31(28(35)25(32)12-13-26(30)33)16-15-21-5-9-22-3-1-2-4-23(22)19-21/h1-7,9-11,19,25H,8,12-18H2,(H2,30,33). The van der Waals surface area contributed by atoms with E-state index in [4.69, 9.17) is 17.3 Å². The number of hydrogen-bond acceptors (Lipinski definition) is 3. The van der Waals surface area contributed by atoms with Crippen molar-refractivity contribution in [1.82, 2.24) is 9.80 Å². The number of hydrogen-bond donors (Lipinski definition) is 1. The molecule has 182 valence electrons. The van der Waals surface area contributed by atoms with Crippen molar-refractivity contribution in [3.63, 3.8) is 0 Å². The van der Waals surface area contributed by atoms with Crippen LogP contribution in [0.3, 0.4) is 0 Å². The molecule has 1 fully saturated rings. The molecule has 3 aromatic carbocycles. The van der Waals surface area contributed by atoms with Crippen molar-refractivity contribution < 1.29 is 14.4 Å². The molecule has 1 aliphatic rings. The van der Waals surface area contributed by atoms with Crippen LogP contribution in [0.2, 0.25) is 5.02 Å². The maximum atomic E-state index is 13.4. The van der Waals surface area contributed by atoms with E-state index in [0.717, 1.165) is 17.5 Å². The molecule has 0 aliphatic carbocycles. The molecule has 1 unspecified atom stereocenters. The summed E-state index contributed by atoms with van der Waals surface area (Å²) >= 11 is 5.94. The predicted octanol–water partition coefficient (Wildman–Crippen LogP) is 3.97. The number of nitrogens with zero attached hydrogens (tertiary/aromatic N) is 2. The fourth-order valence-corrected chi connectivity index (χ4v) is 4.75. The third-order valence-corrected chi connectivity index (χ3v) is 6.85. The number of aryl methyl sites for hydroxylation is 1. The van der Waals surface area contributed by atoms with Crippen LogP contribution < -0.4 is 5.73 Å². The predicted molar refractivity (Wildman–Crippen MR) is 138 cm³/mol. The van der Waals surface area contributed by atoms with Crippen LogP contribution in [0.5, 0.6) is 0 Å². The van der Waals surface area contributed by atoms with Gasteiger partial charge in [0, 0.05) is 37.5 Å². The van der Waals surface area contributed by atoms with E-state index in [2.05, 4.69) is 30.3 Å². The number of halogens is 1. The Morgan fingerprint density at radius 2 is 1.60 bits per heavy atom. The molecule has 3 aromatic rings. The van der Waals surface area contributed by atoms with Crippen LogP contribution in [0.25, 0.3) is 10.8 Å². The number of piperazine rings is 1.